The van der Waals surface area contributed by atoms with E-state index in [1.807, 2.05) is 0 Å². The van der Waals surface area contributed by atoms with Gasteiger partial charge in [0.2, 0.25) is 0 Å². The van der Waals surface area contributed by atoms with Gasteiger partial charge in [-0.25, -0.2) is 30.0 Å². The van der Waals surface area contributed by atoms with Gasteiger partial charge in [0.25, 0.3) is 23.6 Å². The summed E-state index contributed by atoms with van der Waals surface area (Å²) in [5, 5.41) is 2.88. The normalized spacial score (nSPS) is 9.45. The van der Waals surface area contributed by atoms with Crippen molar-refractivity contribution in [2.75, 3.05) is 0 Å². The predicted octanol–water partition coefficient (Wildman–Crippen LogP) is 1.39. The number of amides is 4. The van der Waals surface area contributed by atoms with Crippen LogP contribution in [0.5, 0.6) is 0 Å². The molecule has 27 heteroatoms. The second-order valence-electron chi connectivity index (χ2n) is 8.00. The summed E-state index contributed by atoms with van der Waals surface area (Å²) in [6, 6.07) is 0. The van der Waals surface area contributed by atoms with Gasteiger partial charge in [0, 0.05) is 49.6 Å². The molecule has 0 fully saturated rings. The van der Waals surface area contributed by atoms with Crippen LogP contribution in [0.4, 0.5) is 0 Å². The van der Waals surface area contributed by atoms with E-state index in [0.29, 0.717) is 10.0 Å². The van der Waals surface area contributed by atoms with Gasteiger partial charge >= 0.3 is 25.3 Å². The van der Waals surface area contributed by atoms with Crippen LogP contribution in [-0.4, -0.2) is 101 Å². The third-order valence-corrected chi connectivity index (χ3v) is 6.42. The molecule has 0 radical (unpaired) electrons. The zero-order chi connectivity index (χ0) is 38.1. The Kier molecular flexibility index (Phi) is 18.6. The van der Waals surface area contributed by atoms with Gasteiger partial charge in [0.15, 0.2) is 8.64 Å². The van der Waals surface area contributed by atoms with E-state index < -0.39 is 42.1 Å². The predicted molar refractivity (Wildman–Crippen MR) is 197 cm³/mol. The maximum absolute atomic E-state index is 12.6. The Hall–Kier alpha value is -4.01. The number of thiol groups is 2. The molecular formula is C24H14MoN12O6S8. The van der Waals surface area contributed by atoms with E-state index in [9.17, 15) is 19.2 Å². The van der Waals surface area contributed by atoms with Crippen LogP contribution in [0.3, 0.4) is 0 Å². The van der Waals surface area contributed by atoms with Gasteiger partial charge in [-0.3, -0.25) is 39.1 Å². The van der Waals surface area contributed by atoms with Crippen molar-refractivity contribution in [2.45, 2.75) is 0 Å². The standard InChI is InChI=1S/2C12H8N6O2S4.Mo.2O/c2*19-9(7-5-13-1-3-15-7)17(11(21)22)18(12(23)24)10(20)8-6-14-2-4-16-8;;;/h2*1-6H,(H,21,22)(H,23,24);;;/q;;+2;;/p-2. The van der Waals surface area contributed by atoms with E-state index in [0.717, 1.165) is 10.0 Å². The quantitative estimate of drug-likeness (QED) is 0.0972. The van der Waals surface area contributed by atoms with Crippen molar-refractivity contribution in [1.29, 1.82) is 0 Å². The van der Waals surface area contributed by atoms with Gasteiger partial charge in [0.1, 0.15) is 22.8 Å². The van der Waals surface area contributed by atoms with Crippen molar-refractivity contribution in [1.82, 2.24) is 59.9 Å². The summed E-state index contributed by atoms with van der Waals surface area (Å²) in [7, 11) is 0. The zero-order valence-electron chi connectivity index (χ0n) is 24.5. The first-order valence-electron chi connectivity index (χ1n) is 12.5. The Morgan fingerprint density at radius 2 is 0.706 bits per heavy atom. The fraction of sp³-hybridized carbons (Fsp3) is 0. The third kappa shape index (κ3) is 12.6. The molecule has 0 unspecified atom stereocenters. The molecule has 260 valence electrons. The minimum atomic E-state index is -2.03. The molecule has 51 heavy (non-hydrogen) atoms. The fourth-order valence-electron chi connectivity index (χ4n) is 3.11. The Labute approximate surface area is 339 Å². The summed E-state index contributed by atoms with van der Waals surface area (Å²) in [6.45, 7) is 0. The minimum absolute atomic E-state index is 0.0721. The first-order valence-corrected chi connectivity index (χ1v) is 17.5. The monoisotopic (exact) mass is 920 g/mol. The third-order valence-electron chi connectivity index (χ3n) is 5.01. The molecule has 0 spiro atoms. The fourth-order valence-corrected chi connectivity index (χ4v) is 4.46. The molecule has 4 amide bonds. The van der Waals surface area contributed by atoms with Gasteiger partial charge in [-0.15, -0.1) is 25.3 Å². The maximum atomic E-state index is 12.6. The van der Waals surface area contributed by atoms with Gasteiger partial charge < -0.3 is 49.7 Å². The number of thiocarbonyl (C=S) groups is 4. The van der Waals surface area contributed by atoms with E-state index in [4.69, 9.17) is 80.9 Å². The summed E-state index contributed by atoms with van der Waals surface area (Å²) >= 11 is 35.4. The molecule has 0 saturated heterocycles. The number of carbonyl (C=O) groups excluding carboxylic acids is 4. The van der Waals surface area contributed by atoms with E-state index >= 15 is 0 Å². The van der Waals surface area contributed by atoms with Crippen LogP contribution in [0.1, 0.15) is 42.0 Å². The van der Waals surface area contributed by atoms with Gasteiger partial charge in [0.05, 0.1) is 24.8 Å². The SMILES string of the molecule is O=C(c1cnccn1)N(C(=S)[S-])N(C(=O)c1cnccn1)C(=S)S.O=C(c1cnccn1)N(C(=S)[S-])N(C(=O)c1cnccn1)C(=S)S.[O]=[Mo+2]=[O]. The van der Waals surface area contributed by atoms with Crippen molar-refractivity contribution in [3.05, 3.63) is 97.1 Å². The first kappa shape index (κ1) is 43.2. The second-order valence-corrected chi connectivity index (χ2v) is 12.6. The molecule has 4 aromatic heterocycles. The van der Waals surface area contributed by atoms with Crippen molar-refractivity contribution in [2.24, 2.45) is 0 Å². The second kappa shape index (κ2) is 22.0. The van der Waals surface area contributed by atoms with Crippen LogP contribution < -0.4 is 0 Å². The molecule has 0 aliphatic heterocycles. The topological polar surface area (TPSA) is 218 Å². The average Bonchev–Trinajstić information content (AvgIpc) is 3.13. The summed E-state index contributed by atoms with van der Waals surface area (Å²) in [5.74, 6) is -3.10. The van der Waals surface area contributed by atoms with Crippen molar-refractivity contribution in [3.8, 4) is 0 Å². The van der Waals surface area contributed by atoms with Crippen LogP contribution in [0.15, 0.2) is 74.4 Å². The van der Waals surface area contributed by atoms with E-state index in [1.165, 1.54) is 74.4 Å². The number of rotatable bonds is 4. The Morgan fingerprint density at radius 3 is 0.863 bits per heavy atom. The average molecular weight is 919 g/mol. The molecule has 0 N–H and O–H groups in total. The van der Waals surface area contributed by atoms with Crippen LogP contribution in [0.25, 0.3) is 0 Å². The van der Waals surface area contributed by atoms with Gasteiger partial charge in [-0.05, 0) is 8.64 Å². The first-order chi connectivity index (χ1) is 24.3. The molecule has 0 aromatic carbocycles. The number of hydrogen-bond acceptors (Lipinski definition) is 20. The molecule has 0 aliphatic rings. The number of hydrazine groups is 2. The summed E-state index contributed by atoms with van der Waals surface area (Å²) < 4.78 is 15.8. The van der Waals surface area contributed by atoms with E-state index in [2.05, 4.69) is 65.1 Å². The van der Waals surface area contributed by atoms with Crippen LogP contribution >= 0.6 is 74.1 Å². The molecule has 18 nitrogen and oxygen atoms in total. The van der Waals surface area contributed by atoms with Crippen LogP contribution in [-0.2, 0) is 50.5 Å². The number of carbonyl (C=O) groups is 4. The number of nitrogens with zero attached hydrogens (tertiary/aromatic N) is 12. The number of hydrogen-bond donors (Lipinski definition) is 2. The molecule has 4 heterocycles. The Balaban J connectivity index is 0.000000328. The van der Waals surface area contributed by atoms with Crippen molar-refractivity contribution < 1.29 is 44.5 Å². The van der Waals surface area contributed by atoms with Crippen molar-refractivity contribution in [3.63, 3.8) is 0 Å². The molecule has 4 rings (SSSR count). The summed E-state index contributed by atoms with van der Waals surface area (Å²) in [6.07, 6.45) is 15.6. The molecule has 0 bridgehead atoms. The molecule has 0 saturated carbocycles. The Morgan fingerprint density at radius 1 is 0.490 bits per heavy atom. The van der Waals surface area contributed by atoms with Crippen LogP contribution in [0, 0.1) is 0 Å². The molecular weight excluding hydrogens is 905 g/mol. The van der Waals surface area contributed by atoms with Gasteiger partial charge in [-0.1, -0.05) is 24.4 Å². The van der Waals surface area contributed by atoms with Crippen molar-refractivity contribution >= 4 is 140 Å². The Bertz CT molecular complexity index is 1680. The van der Waals surface area contributed by atoms with E-state index in [1.54, 1.807) is 0 Å². The zero-order valence-corrected chi connectivity index (χ0v) is 33.2. The molecule has 0 atom stereocenters. The van der Waals surface area contributed by atoms with E-state index in [-0.39, 0.29) is 40.1 Å². The number of aromatic nitrogens is 8. The van der Waals surface area contributed by atoms with Gasteiger partial charge in [-0.2, -0.15) is 10.0 Å². The summed E-state index contributed by atoms with van der Waals surface area (Å²) in [5.41, 5.74) is -0.299. The molecule has 4 aromatic rings. The molecule has 0 aliphatic carbocycles. The van der Waals surface area contributed by atoms with Crippen LogP contribution in [0.2, 0.25) is 0 Å². The summed E-state index contributed by atoms with van der Waals surface area (Å²) in [4.78, 5) is 81.1.